The van der Waals surface area contributed by atoms with Crippen molar-refractivity contribution in [1.82, 2.24) is 15.5 Å². The molecule has 1 heterocycles. The number of hydrogen-bond acceptors (Lipinski definition) is 4. The standard InChI is InChI=1S/C20H24ClN3O2.ClH/c1-26-18-7-5-15(6-8-18)12-23-20(25)14-24-10-9-22-13-19(24)16-3-2-4-17(21)11-16;/h2-8,11,19,22H,9-10,12-14H2,1H3,(H,23,25);1H. The van der Waals surface area contributed by atoms with E-state index in [2.05, 4.69) is 21.6 Å². The summed E-state index contributed by atoms with van der Waals surface area (Å²) in [5, 5.41) is 7.12. The maximum absolute atomic E-state index is 12.4. The van der Waals surface area contributed by atoms with Gasteiger partial charge < -0.3 is 15.4 Å². The molecule has 1 atom stereocenters. The molecule has 1 fully saturated rings. The molecule has 1 aliphatic heterocycles. The van der Waals surface area contributed by atoms with Crippen molar-refractivity contribution < 1.29 is 9.53 Å². The van der Waals surface area contributed by atoms with Gasteiger partial charge >= 0.3 is 0 Å². The minimum atomic E-state index is 0. The van der Waals surface area contributed by atoms with E-state index in [9.17, 15) is 4.79 Å². The van der Waals surface area contributed by atoms with E-state index < -0.39 is 0 Å². The Morgan fingerprint density at radius 1 is 1.30 bits per heavy atom. The maximum atomic E-state index is 12.4. The zero-order valence-corrected chi connectivity index (χ0v) is 16.9. The van der Waals surface area contributed by atoms with Crippen LogP contribution >= 0.6 is 24.0 Å². The van der Waals surface area contributed by atoms with Crippen LogP contribution in [0.3, 0.4) is 0 Å². The van der Waals surface area contributed by atoms with Crippen molar-refractivity contribution in [2.24, 2.45) is 0 Å². The lowest BCUT2D eigenvalue weighted by atomic mass is 10.0. The Kier molecular flexibility index (Phi) is 8.38. The van der Waals surface area contributed by atoms with Gasteiger partial charge in [-0.1, -0.05) is 35.9 Å². The van der Waals surface area contributed by atoms with Gasteiger partial charge in [-0.2, -0.15) is 0 Å². The van der Waals surface area contributed by atoms with Crippen molar-refractivity contribution in [2.75, 3.05) is 33.3 Å². The molecule has 7 heteroatoms. The summed E-state index contributed by atoms with van der Waals surface area (Å²) in [6, 6.07) is 15.7. The largest absolute Gasteiger partial charge is 0.497 e. The van der Waals surface area contributed by atoms with Gasteiger partial charge in [-0.25, -0.2) is 0 Å². The number of piperazine rings is 1. The molecule has 0 saturated carbocycles. The molecule has 0 radical (unpaired) electrons. The van der Waals surface area contributed by atoms with Crippen LogP contribution in [0.1, 0.15) is 17.2 Å². The fraction of sp³-hybridized carbons (Fsp3) is 0.350. The second kappa shape index (κ2) is 10.5. The van der Waals surface area contributed by atoms with Crippen LogP contribution in [-0.4, -0.2) is 44.1 Å². The zero-order valence-electron chi connectivity index (χ0n) is 15.3. The number of hydrogen-bond donors (Lipinski definition) is 2. The van der Waals surface area contributed by atoms with Crippen molar-refractivity contribution in [3.63, 3.8) is 0 Å². The summed E-state index contributed by atoms with van der Waals surface area (Å²) in [6.45, 7) is 3.40. The van der Waals surface area contributed by atoms with Gasteiger partial charge in [0.25, 0.3) is 0 Å². The number of carbonyl (C=O) groups excluding carboxylic acids is 1. The molecule has 2 aromatic rings. The predicted octanol–water partition coefficient (Wildman–Crippen LogP) is 3.03. The molecule has 0 aliphatic carbocycles. The molecule has 146 valence electrons. The molecular formula is C20H25Cl2N3O2. The summed E-state index contributed by atoms with van der Waals surface area (Å²) in [5.74, 6) is 0.833. The van der Waals surface area contributed by atoms with E-state index in [1.54, 1.807) is 7.11 Å². The van der Waals surface area contributed by atoms with Crippen LogP contribution in [0.15, 0.2) is 48.5 Å². The van der Waals surface area contributed by atoms with Crippen molar-refractivity contribution in [1.29, 1.82) is 0 Å². The van der Waals surface area contributed by atoms with Crippen LogP contribution in [0.4, 0.5) is 0 Å². The van der Waals surface area contributed by atoms with Crippen molar-refractivity contribution >= 4 is 29.9 Å². The average molecular weight is 410 g/mol. The van der Waals surface area contributed by atoms with E-state index in [-0.39, 0.29) is 24.4 Å². The van der Waals surface area contributed by atoms with Crippen LogP contribution < -0.4 is 15.4 Å². The van der Waals surface area contributed by atoms with E-state index in [0.29, 0.717) is 13.1 Å². The highest BCUT2D eigenvalue weighted by Crippen LogP contribution is 2.24. The van der Waals surface area contributed by atoms with Gasteiger partial charge in [0.2, 0.25) is 5.91 Å². The molecule has 3 rings (SSSR count). The topological polar surface area (TPSA) is 53.6 Å². The second-order valence-electron chi connectivity index (χ2n) is 6.37. The molecule has 27 heavy (non-hydrogen) atoms. The van der Waals surface area contributed by atoms with Gasteiger partial charge in [-0.3, -0.25) is 9.69 Å². The molecule has 0 bridgehead atoms. The van der Waals surface area contributed by atoms with E-state index in [0.717, 1.165) is 41.5 Å². The molecule has 1 amide bonds. The molecule has 1 unspecified atom stereocenters. The lowest BCUT2D eigenvalue weighted by molar-refractivity contribution is -0.123. The zero-order chi connectivity index (χ0) is 18.4. The van der Waals surface area contributed by atoms with Crippen LogP contribution in [0.5, 0.6) is 5.75 Å². The van der Waals surface area contributed by atoms with Crippen molar-refractivity contribution in [3.8, 4) is 5.75 Å². The summed E-state index contributed by atoms with van der Waals surface area (Å²) in [6.07, 6.45) is 0. The van der Waals surface area contributed by atoms with E-state index in [1.165, 1.54) is 0 Å². The van der Waals surface area contributed by atoms with Crippen LogP contribution in [0, 0.1) is 0 Å². The molecule has 2 aromatic carbocycles. The first kappa shape index (κ1) is 21.5. The molecule has 1 aliphatic rings. The quantitative estimate of drug-likeness (QED) is 0.769. The maximum Gasteiger partial charge on any atom is 0.234 e. The summed E-state index contributed by atoms with van der Waals surface area (Å²) in [4.78, 5) is 14.6. The van der Waals surface area contributed by atoms with Gasteiger partial charge in [0.1, 0.15) is 5.75 Å². The lowest BCUT2D eigenvalue weighted by Gasteiger charge is -2.36. The molecule has 2 N–H and O–H groups in total. The average Bonchev–Trinajstić information content (AvgIpc) is 2.67. The number of halogens is 2. The molecule has 0 aromatic heterocycles. The number of ether oxygens (including phenoxy) is 1. The highest BCUT2D eigenvalue weighted by molar-refractivity contribution is 6.30. The first-order valence-corrected chi connectivity index (χ1v) is 9.13. The minimum Gasteiger partial charge on any atom is -0.497 e. The fourth-order valence-corrected chi connectivity index (χ4v) is 3.36. The molecule has 0 spiro atoms. The number of nitrogens with one attached hydrogen (secondary N) is 2. The van der Waals surface area contributed by atoms with E-state index >= 15 is 0 Å². The number of rotatable bonds is 6. The number of benzene rings is 2. The summed E-state index contributed by atoms with van der Waals surface area (Å²) in [5.41, 5.74) is 2.18. The smallest absolute Gasteiger partial charge is 0.234 e. The van der Waals surface area contributed by atoms with Gasteiger partial charge in [-0.15, -0.1) is 12.4 Å². The number of methoxy groups -OCH3 is 1. The SMILES string of the molecule is COc1ccc(CNC(=O)CN2CCNCC2c2cccc(Cl)c2)cc1.Cl. The van der Waals surface area contributed by atoms with Gasteiger partial charge in [0.05, 0.1) is 13.7 Å². The molecule has 1 saturated heterocycles. The predicted molar refractivity (Wildman–Crippen MR) is 111 cm³/mol. The van der Waals surface area contributed by atoms with E-state index in [4.69, 9.17) is 16.3 Å². The number of carbonyl (C=O) groups is 1. The minimum absolute atomic E-state index is 0. The third-order valence-corrected chi connectivity index (χ3v) is 4.82. The van der Waals surface area contributed by atoms with Gasteiger partial charge in [0, 0.05) is 37.2 Å². The van der Waals surface area contributed by atoms with Crippen LogP contribution in [-0.2, 0) is 11.3 Å². The molecular weight excluding hydrogens is 385 g/mol. The first-order chi connectivity index (χ1) is 12.7. The highest BCUT2D eigenvalue weighted by Gasteiger charge is 2.25. The first-order valence-electron chi connectivity index (χ1n) is 8.75. The normalized spacial score (nSPS) is 17.0. The Morgan fingerprint density at radius 3 is 2.78 bits per heavy atom. The Bertz CT molecular complexity index is 740. The Hall–Kier alpha value is -1.79. The van der Waals surface area contributed by atoms with Crippen LogP contribution in [0.25, 0.3) is 0 Å². The fourth-order valence-electron chi connectivity index (χ4n) is 3.16. The number of amides is 1. The highest BCUT2D eigenvalue weighted by atomic mass is 35.5. The third kappa shape index (κ3) is 6.11. The summed E-state index contributed by atoms with van der Waals surface area (Å²) in [7, 11) is 1.64. The van der Waals surface area contributed by atoms with Gasteiger partial charge in [0.15, 0.2) is 0 Å². The Labute approximate surface area is 171 Å². The number of nitrogens with zero attached hydrogens (tertiary/aromatic N) is 1. The van der Waals surface area contributed by atoms with Crippen LogP contribution in [0.2, 0.25) is 5.02 Å². The third-order valence-electron chi connectivity index (χ3n) is 4.58. The van der Waals surface area contributed by atoms with E-state index in [1.807, 2.05) is 42.5 Å². The van der Waals surface area contributed by atoms with Crippen molar-refractivity contribution in [2.45, 2.75) is 12.6 Å². The monoisotopic (exact) mass is 409 g/mol. The Balaban J connectivity index is 0.00000261. The Morgan fingerprint density at radius 2 is 2.07 bits per heavy atom. The molecule has 5 nitrogen and oxygen atoms in total. The van der Waals surface area contributed by atoms with Gasteiger partial charge in [-0.05, 0) is 35.4 Å². The lowest BCUT2D eigenvalue weighted by Crippen LogP contribution is -2.49. The summed E-state index contributed by atoms with van der Waals surface area (Å²) < 4.78 is 5.15. The van der Waals surface area contributed by atoms with Crippen molar-refractivity contribution in [3.05, 3.63) is 64.7 Å². The summed E-state index contributed by atoms with van der Waals surface area (Å²) >= 11 is 6.13. The second-order valence-corrected chi connectivity index (χ2v) is 6.81.